The predicted molar refractivity (Wildman–Crippen MR) is 94.1 cm³/mol. The van der Waals surface area contributed by atoms with Crippen molar-refractivity contribution in [2.24, 2.45) is 11.7 Å². The SMILES string of the molecule is C[C@H]1CCN(C(=O)C2(N)CC2)C[C@H]1c1ncc2cnc3[nH]ccc3n12. The average molecular weight is 338 g/mol. The van der Waals surface area contributed by atoms with E-state index in [-0.39, 0.29) is 11.8 Å². The maximum Gasteiger partial charge on any atom is 0.242 e. The van der Waals surface area contributed by atoms with Crippen molar-refractivity contribution >= 4 is 22.6 Å². The standard InChI is InChI=1S/C18H22N6O/c1-11-3-7-23(17(25)18(19)4-5-18)10-13(11)16-22-9-12-8-21-15-14(24(12)16)2-6-20-15/h2,6,8-9,11,13,20H,3-5,7,10,19H2,1H3/t11-,13+/m0/s1. The summed E-state index contributed by atoms with van der Waals surface area (Å²) in [5.41, 5.74) is 8.40. The van der Waals surface area contributed by atoms with E-state index in [1.807, 2.05) is 29.6 Å². The molecule has 0 bridgehead atoms. The number of hydrogen-bond donors (Lipinski definition) is 2. The van der Waals surface area contributed by atoms with Crippen LogP contribution in [-0.2, 0) is 4.79 Å². The molecule has 5 rings (SSSR count). The molecule has 2 fully saturated rings. The van der Waals surface area contributed by atoms with Gasteiger partial charge < -0.3 is 15.6 Å². The van der Waals surface area contributed by atoms with Crippen molar-refractivity contribution < 1.29 is 4.79 Å². The molecule has 0 unspecified atom stereocenters. The summed E-state index contributed by atoms with van der Waals surface area (Å²) < 4.78 is 2.17. The summed E-state index contributed by atoms with van der Waals surface area (Å²) in [6, 6.07) is 2.02. The monoisotopic (exact) mass is 338 g/mol. The van der Waals surface area contributed by atoms with E-state index in [1.165, 1.54) is 0 Å². The van der Waals surface area contributed by atoms with E-state index in [4.69, 9.17) is 10.7 Å². The van der Waals surface area contributed by atoms with E-state index in [9.17, 15) is 4.79 Å². The number of aromatic nitrogens is 4. The molecule has 4 heterocycles. The summed E-state index contributed by atoms with van der Waals surface area (Å²) in [4.78, 5) is 27.0. The zero-order chi connectivity index (χ0) is 17.2. The summed E-state index contributed by atoms with van der Waals surface area (Å²) in [6.45, 7) is 3.73. The molecule has 7 heteroatoms. The molecule has 3 N–H and O–H groups in total. The number of nitrogens with zero attached hydrogens (tertiary/aromatic N) is 4. The normalized spacial score (nSPS) is 25.6. The quantitative estimate of drug-likeness (QED) is 0.743. The van der Waals surface area contributed by atoms with E-state index < -0.39 is 5.54 Å². The molecular weight excluding hydrogens is 316 g/mol. The molecule has 2 aliphatic rings. The van der Waals surface area contributed by atoms with E-state index in [2.05, 4.69) is 21.3 Å². The molecule has 130 valence electrons. The number of fused-ring (bicyclic) bond motifs is 3. The van der Waals surface area contributed by atoms with Crippen LogP contribution in [-0.4, -0.2) is 48.8 Å². The third-order valence-electron chi connectivity index (χ3n) is 5.88. The largest absolute Gasteiger partial charge is 0.345 e. The van der Waals surface area contributed by atoms with Gasteiger partial charge in [0.05, 0.1) is 29.0 Å². The molecule has 1 saturated carbocycles. The Balaban J connectivity index is 1.56. The fourth-order valence-electron chi connectivity index (χ4n) is 4.02. The minimum Gasteiger partial charge on any atom is -0.345 e. The Morgan fingerprint density at radius 2 is 2.16 bits per heavy atom. The summed E-state index contributed by atoms with van der Waals surface area (Å²) in [7, 11) is 0. The Hall–Kier alpha value is -2.41. The minimum absolute atomic E-state index is 0.110. The van der Waals surface area contributed by atoms with Gasteiger partial charge in [-0.3, -0.25) is 9.20 Å². The molecule has 0 aromatic carbocycles. The van der Waals surface area contributed by atoms with Gasteiger partial charge in [-0.15, -0.1) is 0 Å². The van der Waals surface area contributed by atoms with Crippen LogP contribution in [0.3, 0.4) is 0 Å². The van der Waals surface area contributed by atoms with Gasteiger partial charge in [0.25, 0.3) is 0 Å². The molecule has 0 radical (unpaired) electrons. The van der Waals surface area contributed by atoms with Crippen LogP contribution in [0.4, 0.5) is 0 Å². The lowest BCUT2D eigenvalue weighted by atomic mass is 9.86. The summed E-state index contributed by atoms with van der Waals surface area (Å²) in [5.74, 6) is 1.78. The fraction of sp³-hybridized carbons (Fsp3) is 0.500. The molecule has 3 aromatic heterocycles. The number of piperidine rings is 1. The van der Waals surface area contributed by atoms with E-state index in [0.717, 1.165) is 48.3 Å². The Labute approximate surface area is 145 Å². The van der Waals surface area contributed by atoms with Crippen LogP contribution in [0.5, 0.6) is 0 Å². The van der Waals surface area contributed by atoms with Gasteiger partial charge >= 0.3 is 0 Å². The molecule has 3 aromatic rings. The van der Waals surface area contributed by atoms with Crippen molar-refractivity contribution in [3.05, 3.63) is 30.5 Å². The van der Waals surface area contributed by atoms with Crippen LogP contribution in [0, 0.1) is 5.92 Å². The van der Waals surface area contributed by atoms with Crippen molar-refractivity contribution in [2.45, 2.75) is 37.6 Å². The van der Waals surface area contributed by atoms with Gasteiger partial charge in [-0.2, -0.15) is 0 Å². The molecule has 25 heavy (non-hydrogen) atoms. The molecule has 0 spiro atoms. The number of aromatic amines is 1. The smallest absolute Gasteiger partial charge is 0.242 e. The first kappa shape index (κ1) is 14.9. The fourth-order valence-corrected chi connectivity index (χ4v) is 4.02. The number of imidazole rings is 1. The second-order valence-electron chi connectivity index (χ2n) is 7.63. The van der Waals surface area contributed by atoms with Gasteiger partial charge in [0.2, 0.25) is 5.91 Å². The van der Waals surface area contributed by atoms with Crippen molar-refractivity contribution in [3.63, 3.8) is 0 Å². The van der Waals surface area contributed by atoms with Gasteiger partial charge in [-0.1, -0.05) is 6.92 Å². The number of carbonyl (C=O) groups excluding carboxylic acids is 1. The third-order valence-corrected chi connectivity index (χ3v) is 5.88. The van der Waals surface area contributed by atoms with E-state index in [0.29, 0.717) is 12.5 Å². The second kappa shape index (κ2) is 5.05. The number of rotatable bonds is 2. The van der Waals surface area contributed by atoms with Gasteiger partial charge in [0, 0.05) is 25.2 Å². The highest BCUT2D eigenvalue weighted by Gasteiger charge is 2.49. The zero-order valence-corrected chi connectivity index (χ0v) is 14.3. The summed E-state index contributed by atoms with van der Waals surface area (Å²) in [5, 5.41) is 0. The number of nitrogens with two attached hydrogens (primary N) is 1. The van der Waals surface area contributed by atoms with Gasteiger partial charge in [-0.05, 0) is 31.2 Å². The second-order valence-corrected chi connectivity index (χ2v) is 7.63. The number of nitrogens with one attached hydrogen (secondary N) is 1. The zero-order valence-electron chi connectivity index (χ0n) is 14.3. The highest BCUT2D eigenvalue weighted by Crippen LogP contribution is 2.38. The topological polar surface area (TPSA) is 92.3 Å². The highest BCUT2D eigenvalue weighted by molar-refractivity contribution is 5.89. The van der Waals surface area contributed by atoms with Crippen LogP contribution in [0.1, 0.15) is 37.9 Å². The molecule has 2 atom stereocenters. The first-order valence-electron chi connectivity index (χ1n) is 8.94. The summed E-state index contributed by atoms with van der Waals surface area (Å²) in [6.07, 6.45) is 8.20. The van der Waals surface area contributed by atoms with Crippen LogP contribution in [0.15, 0.2) is 24.7 Å². The highest BCUT2D eigenvalue weighted by atomic mass is 16.2. The van der Waals surface area contributed by atoms with Crippen LogP contribution < -0.4 is 5.73 Å². The molecule has 1 aliphatic heterocycles. The van der Waals surface area contributed by atoms with Gasteiger partial charge in [-0.25, -0.2) is 9.97 Å². The van der Waals surface area contributed by atoms with Gasteiger partial charge in [0.1, 0.15) is 5.82 Å². The Morgan fingerprint density at radius 3 is 2.96 bits per heavy atom. The van der Waals surface area contributed by atoms with Crippen molar-refractivity contribution in [1.82, 2.24) is 24.3 Å². The lowest BCUT2D eigenvalue weighted by Crippen LogP contribution is -2.50. The maximum absolute atomic E-state index is 12.7. The Kier molecular flexibility index (Phi) is 3.01. The van der Waals surface area contributed by atoms with E-state index >= 15 is 0 Å². The van der Waals surface area contributed by atoms with Gasteiger partial charge in [0.15, 0.2) is 5.65 Å². The number of H-pyrrole nitrogens is 1. The van der Waals surface area contributed by atoms with Crippen LogP contribution >= 0.6 is 0 Å². The predicted octanol–water partition coefficient (Wildman–Crippen LogP) is 1.65. The molecular formula is C18H22N6O. The molecule has 1 amide bonds. The van der Waals surface area contributed by atoms with Crippen molar-refractivity contribution in [1.29, 1.82) is 0 Å². The Morgan fingerprint density at radius 1 is 1.36 bits per heavy atom. The van der Waals surface area contributed by atoms with Crippen molar-refractivity contribution in [2.75, 3.05) is 13.1 Å². The van der Waals surface area contributed by atoms with E-state index in [1.54, 1.807) is 0 Å². The molecule has 1 aliphatic carbocycles. The maximum atomic E-state index is 12.7. The minimum atomic E-state index is -0.600. The van der Waals surface area contributed by atoms with Crippen LogP contribution in [0.25, 0.3) is 16.7 Å². The number of likely N-dealkylation sites (tertiary alicyclic amines) is 1. The number of amides is 1. The molecule has 1 saturated heterocycles. The Bertz CT molecular complexity index is 968. The number of hydrogen-bond acceptors (Lipinski definition) is 4. The third kappa shape index (κ3) is 2.18. The average Bonchev–Trinajstić information content (AvgIpc) is 3.03. The number of carbonyl (C=O) groups is 1. The lowest BCUT2D eigenvalue weighted by Gasteiger charge is -2.37. The summed E-state index contributed by atoms with van der Waals surface area (Å²) >= 11 is 0. The first-order chi connectivity index (χ1) is 12.1. The lowest BCUT2D eigenvalue weighted by molar-refractivity contribution is -0.135. The first-order valence-corrected chi connectivity index (χ1v) is 8.94. The van der Waals surface area contributed by atoms with Crippen molar-refractivity contribution in [3.8, 4) is 0 Å². The van der Waals surface area contributed by atoms with Crippen LogP contribution in [0.2, 0.25) is 0 Å². The molecule has 7 nitrogen and oxygen atoms in total.